The van der Waals surface area contributed by atoms with Crippen LogP contribution in [0.4, 0.5) is 25.0 Å². The van der Waals surface area contributed by atoms with E-state index in [-0.39, 0.29) is 24.4 Å². The molecule has 0 spiro atoms. The van der Waals surface area contributed by atoms with Crippen molar-refractivity contribution in [3.05, 3.63) is 35.3 Å². The Balaban J connectivity index is 1.18. The van der Waals surface area contributed by atoms with E-state index in [2.05, 4.69) is 20.2 Å². The van der Waals surface area contributed by atoms with Gasteiger partial charge in [0, 0.05) is 51.3 Å². The van der Waals surface area contributed by atoms with Crippen LogP contribution in [0.25, 0.3) is 0 Å². The minimum absolute atomic E-state index is 0.136. The molecule has 0 unspecified atom stereocenters. The van der Waals surface area contributed by atoms with Crippen molar-refractivity contribution in [1.82, 2.24) is 15.3 Å². The molecular formula is C26H32F3N5O3. The van der Waals surface area contributed by atoms with Crippen LogP contribution in [0.1, 0.15) is 73.2 Å². The second-order valence-electron chi connectivity index (χ2n) is 10.3. The molecule has 37 heavy (non-hydrogen) atoms. The van der Waals surface area contributed by atoms with Crippen molar-refractivity contribution in [1.29, 1.82) is 0 Å². The van der Waals surface area contributed by atoms with E-state index in [9.17, 15) is 22.8 Å². The molecule has 1 amide bonds. The van der Waals surface area contributed by atoms with Crippen molar-refractivity contribution in [2.24, 2.45) is 5.92 Å². The molecule has 2 saturated heterocycles. The normalized spacial score (nSPS) is 19.2. The Kier molecular flexibility index (Phi) is 7.39. The maximum absolute atomic E-state index is 13.6. The maximum Gasteiger partial charge on any atom is 0.437 e. The molecule has 1 saturated carbocycles. The molecule has 0 radical (unpaired) electrons. The van der Waals surface area contributed by atoms with Crippen LogP contribution < -0.4 is 15.1 Å². The molecule has 0 aromatic carbocycles. The predicted octanol–water partition coefficient (Wildman–Crippen LogP) is 4.39. The van der Waals surface area contributed by atoms with Crippen molar-refractivity contribution in [3.8, 4) is 0 Å². The number of amides is 1. The first-order chi connectivity index (χ1) is 17.8. The SMILES string of the molecule is O=C(CC1CC1)NC1CCN(c2ccc(CC(=O)c3oc(N4CCCCC4)nc3C(F)(F)F)cn2)CC1. The molecule has 2 aromatic rings. The van der Waals surface area contributed by atoms with E-state index in [0.29, 0.717) is 31.0 Å². The van der Waals surface area contributed by atoms with Gasteiger partial charge in [0.1, 0.15) is 5.82 Å². The molecule has 0 atom stereocenters. The molecule has 2 aliphatic heterocycles. The summed E-state index contributed by atoms with van der Waals surface area (Å²) in [5.74, 6) is -0.0857. The Morgan fingerprint density at radius 3 is 2.35 bits per heavy atom. The van der Waals surface area contributed by atoms with Gasteiger partial charge in [-0.15, -0.1) is 0 Å². The van der Waals surface area contributed by atoms with Crippen LogP contribution >= 0.6 is 0 Å². The Labute approximate surface area is 213 Å². The minimum Gasteiger partial charge on any atom is -0.420 e. The van der Waals surface area contributed by atoms with Crippen LogP contribution in [0.15, 0.2) is 22.7 Å². The highest BCUT2D eigenvalue weighted by molar-refractivity contribution is 5.96. The van der Waals surface area contributed by atoms with E-state index in [1.807, 2.05) is 0 Å². The lowest BCUT2D eigenvalue weighted by Crippen LogP contribution is -2.45. The van der Waals surface area contributed by atoms with Crippen molar-refractivity contribution < 1.29 is 27.2 Å². The average Bonchev–Trinajstić information content (AvgIpc) is 3.56. The molecule has 0 bridgehead atoms. The topological polar surface area (TPSA) is 91.6 Å². The number of carbonyl (C=O) groups excluding carboxylic acids is 2. The predicted molar refractivity (Wildman–Crippen MR) is 131 cm³/mol. The number of carbonyl (C=O) groups is 2. The van der Waals surface area contributed by atoms with Crippen LogP contribution in [0.5, 0.6) is 0 Å². The van der Waals surface area contributed by atoms with Gasteiger partial charge in [-0.3, -0.25) is 9.59 Å². The van der Waals surface area contributed by atoms with Gasteiger partial charge in [0.2, 0.25) is 17.5 Å². The van der Waals surface area contributed by atoms with Gasteiger partial charge < -0.3 is 19.5 Å². The van der Waals surface area contributed by atoms with Gasteiger partial charge in [-0.05, 0) is 62.5 Å². The zero-order chi connectivity index (χ0) is 26.0. The molecule has 2 aromatic heterocycles. The van der Waals surface area contributed by atoms with Gasteiger partial charge in [0.05, 0.1) is 0 Å². The minimum atomic E-state index is -4.78. The average molecular weight is 520 g/mol. The van der Waals surface area contributed by atoms with Gasteiger partial charge in [-0.1, -0.05) is 6.07 Å². The number of piperidine rings is 2. The van der Waals surface area contributed by atoms with E-state index >= 15 is 0 Å². The standard InChI is InChI=1S/C26H32F3N5O3/c27-26(28,29)24-23(37-25(32-24)34-10-2-1-3-11-34)20(35)14-18-6-7-21(30-16-18)33-12-8-19(9-13-33)31-22(36)15-17-4-5-17/h6-7,16-17,19H,1-5,8-15H2,(H,31,36). The molecule has 1 N–H and O–H groups in total. The maximum atomic E-state index is 13.6. The van der Waals surface area contributed by atoms with Gasteiger partial charge in [-0.2, -0.15) is 18.2 Å². The van der Waals surface area contributed by atoms with Crippen LogP contribution in [0, 0.1) is 5.92 Å². The van der Waals surface area contributed by atoms with E-state index in [1.54, 1.807) is 17.0 Å². The number of halogens is 3. The number of rotatable bonds is 8. The summed E-state index contributed by atoms with van der Waals surface area (Å²) in [7, 11) is 0. The number of nitrogens with zero attached hydrogens (tertiary/aromatic N) is 4. The quantitative estimate of drug-likeness (QED) is 0.518. The summed E-state index contributed by atoms with van der Waals surface area (Å²) in [4.78, 5) is 36.8. The van der Waals surface area contributed by atoms with Crippen LogP contribution in [0.3, 0.4) is 0 Å². The summed E-state index contributed by atoms with van der Waals surface area (Å²) < 4.78 is 46.2. The van der Waals surface area contributed by atoms with Crippen molar-refractivity contribution in [3.63, 3.8) is 0 Å². The fourth-order valence-electron chi connectivity index (χ4n) is 5.01. The second-order valence-corrected chi connectivity index (χ2v) is 10.3. The Hall–Kier alpha value is -3.11. The second kappa shape index (κ2) is 10.7. The highest BCUT2D eigenvalue weighted by Crippen LogP contribution is 2.35. The van der Waals surface area contributed by atoms with Gasteiger partial charge in [0.25, 0.3) is 6.01 Å². The van der Waals surface area contributed by atoms with Crippen LogP contribution in [-0.2, 0) is 17.4 Å². The summed E-state index contributed by atoms with van der Waals surface area (Å²) in [5, 5.41) is 3.13. The zero-order valence-electron chi connectivity index (χ0n) is 20.7. The lowest BCUT2D eigenvalue weighted by atomic mass is 10.0. The molecule has 4 heterocycles. The summed E-state index contributed by atoms with van der Waals surface area (Å²) in [5.41, 5.74) is -0.769. The van der Waals surface area contributed by atoms with Crippen molar-refractivity contribution in [2.45, 2.75) is 70.0 Å². The number of oxazole rings is 1. The molecule has 1 aliphatic carbocycles. The third-order valence-electron chi connectivity index (χ3n) is 7.29. The summed E-state index contributed by atoms with van der Waals surface area (Å²) in [6, 6.07) is 3.51. The Morgan fingerprint density at radius 1 is 1.00 bits per heavy atom. The summed E-state index contributed by atoms with van der Waals surface area (Å²) in [6.07, 6.45) is 3.75. The molecule has 200 valence electrons. The molecule has 3 fully saturated rings. The van der Waals surface area contributed by atoms with Crippen LogP contribution in [-0.4, -0.2) is 53.9 Å². The third-order valence-corrected chi connectivity index (χ3v) is 7.29. The highest BCUT2D eigenvalue weighted by Gasteiger charge is 2.41. The smallest absolute Gasteiger partial charge is 0.420 e. The number of alkyl halides is 3. The third kappa shape index (κ3) is 6.42. The van der Waals surface area contributed by atoms with Crippen LogP contribution in [0.2, 0.25) is 0 Å². The van der Waals surface area contributed by atoms with E-state index in [0.717, 1.165) is 63.9 Å². The van der Waals surface area contributed by atoms with Gasteiger partial charge >= 0.3 is 6.18 Å². The highest BCUT2D eigenvalue weighted by atomic mass is 19.4. The molecule has 8 nitrogen and oxygen atoms in total. The summed E-state index contributed by atoms with van der Waals surface area (Å²) in [6.45, 7) is 2.60. The molecule has 3 aliphatic rings. The monoisotopic (exact) mass is 519 g/mol. The zero-order valence-corrected chi connectivity index (χ0v) is 20.7. The number of aromatic nitrogens is 2. The Bertz CT molecular complexity index is 1100. The Morgan fingerprint density at radius 2 is 1.73 bits per heavy atom. The fraction of sp³-hybridized carbons (Fsp3) is 0.615. The van der Waals surface area contributed by atoms with Gasteiger partial charge in [-0.25, -0.2) is 4.98 Å². The molecular weight excluding hydrogens is 487 g/mol. The largest absolute Gasteiger partial charge is 0.437 e. The number of Topliss-reactive ketones (excluding diaryl/α,β-unsaturated/α-hetero) is 1. The number of hydrogen-bond acceptors (Lipinski definition) is 7. The van der Waals surface area contributed by atoms with E-state index in [1.165, 1.54) is 6.20 Å². The number of hydrogen-bond donors (Lipinski definition) is 1. The first-order valence-corrected chi connectivity index (χ1v) is 13.1. The lowest BCUT2D eigenvalue weighted by molar-refractivity contribution is -0.141. The number of anilines is 2. The van der Waals surface area contributed by atoms with Gasteiger partial charge in [0.15, 0.2) is 5.69 Å². The number of pyridine rings is 1. The molecule has 5 rings (SSSR count). The first-order valence-electron chi connectivity index (χ1n) is 13.1. The van der Waals surface area contributed by atoms with Crippen molar-refractivity contribution in [2.75, 3.05) is 36.0 Å². The fourth-order valence-corrected chi connectivity index (χ4v) is 5.01. The van der Waals surface area contributed by atoms with Crippen molar-refractivity contribution >= 4 is 23.5 Å². The first kappa shape index (κ1) is 25.5. The van der Waals surface area contributed by atoms with E-state index in [4.69, 9.17) is 4.42 Å². The summed E-state index contributed by atoms with van der Waals surface area (Å²) >= 11 is 0. The lowest BCUT2D eigenvalue weighted by Gasteiger charge is -2.33. The number of ketones is 1. The molecule has 11 heteroatoms. The number of nitrogens with one attached hydrogen (secondary N) is 1. The van der Waals surface area contributed by atoms with E-state index < -0.39 is 23.4 Å².